The number of rotatable bonds is 4. The zero-order valence-corrected chi connectivity index (χ0v) is 16.6. The van der Waals surface area contributed by atoms with Crippen LogP contribution in [0, 0.1) is 0 Å². The molecule has 2 atom stereocenters. The van der Waals surface area contributed by atoms with Crippen LogP contribution in [0.25, 0.3) is 0 Å². The lowest BCUT2D eigenvalue weighted by Gasteiger charge is -2.33. The Morgan fingerprint density at radius 1 is 1.22 bits per heavy atom. The van der Waals surface area contributed by atoms with Gasteiger partial charge < -0.3 is 18.8 Å². The second kappa shape index (κ2) is 7.76. The minimum atomic E-state index is -3.66. The number of ether oxygens (including phenoxy) is 3. The summed E-state index contributed by atoms with van der Waals surface area (Å²) in [5, 5.41) is 0.0740. The first-order valence-electron chi connectivity index (χ1n) is 9.51. The molecule has 3 saturated heterocycles. The molecular weight excluding hydrogens is 372 g/mol. The van der Waals surface area contributed by atoms with Crippen molar-refractivity contribution in [3.63, 3.8) is 0 Å². The number of sulfonamides is 1. The van der Waals surface area contributed by atoms with E-state index in [0.29, 0.717) is 26.3 Å². The van der Waals surface area contributed by atoms with Gasteiger partial charge in [-0.25, -0.2) is 13.4 Å². The van der Waals surface area contributed by atoms with Crippen molar-refractivity contribution in [3.05, 3.63) is 12.5 Å². The summed E-state index contributed by atoms with van der Waals surface area (Å²) < 4.78 is 46.7. The number of nitrogens with zero attached hydrogens (tertiary/aromatic N) is 4. The summed E-state index contributed by atoms with van der Waals surface area (Å²) in [4.78, 5) is 6.39. The maximum atomic E-state index is 13.0. The molecular formula is C17H28N4O5S. The molecule has 0 saturated carbocycles. The molecule has 10 heteroatoms. The van der Waals surface area contributed by atoms with Crippen LogP contribution < -0.4 is 0 Å². The SMILES string of the molecule is Cn1cnc(S(=O)(=O)N2CCOC[C@@]3(CC[C@H](CN4CCOCC4)O3)C2)c1. The quantitative estimate of drug-likeness (QED) is 0.685. The molecule has 1 spiro atoms. The summed E-state index contributed by atoms with van der Waals surface area (Å²) in [6, 6.07) is 0. The standard InChI is InChI=1S/C17H28N4O5S/c1-19-11-16(18-14-19)27(22,23)21-6-9-25-13-17(12-21)3-2-15(26-17)10-20-4-7-24-8-5-20/h11,14-15H,2-10,12-13H2,1H3/t15-,17-/m1/s1. The number of hydrogen-bond donors (Lipinski definition) is 0. The third-order valence-corrected chi connectivity index (χ3v) is 7.24. The highest BCUT2D eigenvalue weighted by atomic mass is 32.2. The van der Waals surface area contributed by atoms with E-state index in [1.54, 1.807) is 11.6 Å². The third kappa shape index (κ3) is 4.20. The zero-order valence-electron chi connectivity index (χ0n) is 15.7. The average Bonchev–Trinajstić information content (AvgIpc) is 3.19. The summed E-state index contributed by atoms with van der Waals surface area (Å²) in [5.74, 6) is 0. The van der Waals surface area contributed by atoms with Gasteiger partial charge in [-0.2, -0.15) is 4.31 Å². The molecule has 4 heterocycles. The molecule has 3 aliphatic rings. The van der Waals surface area contributed by atoms with Crippen molar-refractivity contribution in [1.82, 2.24) is 18.8 Å². The molecule has 0 amide bonds. The smallest absolute Gasteiger partial charge is 0.262 e. The van der Waals surface area contributed by atoms with Crippen LogP contribution in [0.1, 0.15) is 12.8 Å². The van der Waals surface area contributed by atoms with Gasteiger partial charge in [-0.1, -0.05) is 0 Å². The summed E-state index contributed by atoms with van der Waals surface area (Å²) >= 11 is 0. The second-order valence-corrected chi connectivity index (χ2v) is 9.53. The fourth-order valence-electron chi connectivity index (χ4n) is 4.05. The molecule has 4 rings (SSSR count). The van der Waals surface area contributed by atoms with E-state index >= 15 is 0 Å². The minimum Gasteiger partial charge on any atom is -0.379 e. The van der Waals surface area contributed by atoms with Crippen LogP contribution in [-0.2, 0) is 31.3 Å². The van der Waals surface area contributed by atoms with Gasteiger partial charge in [0.1, 0.15) is 5.60 Å². The molecule has 0 N–H and O–H groups in total. The minimum absolute atomic E-state index is 0.0740. The van der Waals surface area contributed by atoms with E-state index in [4.69, 9.17) is 14.2 Å². The van der Waals surface area contributed by atoms with Gasteiger partial charge >= 0.3 is 0 Å². The van der Waals surface area contributed by atoms with Crippen LogP contribution in [0.2, 0.25) is 0 Å². The van der Waals surface area contributed by atoms with E-state index in [1.807, 2.05) is 0 Å². The van der Waals surface area contributed by atoms with Crippen LogP contribution in [0.15, 0.2) is 17.6 Å². The van der Waals surface area contributed by atoms with Gasteiger partial charge in [-0.15, -0.1) is 0 Å². The normalized spacial score (nSPS) is 31.4. The summed E-state index contributed by atoms with van der Waals surface area (Å²) in [6.07, 6.45) is 4.85. The van der Waals surface area contributed by atoms with Crippen molar-refractivity contribution in [3.8, 4) is 0 Å². The molecule has 0 bridgehead atoms. The van der Waals surface area contributed by atoms with Gasteiger partial charge in [0.25, 0.3) is 10.0 Å². The van der Waals surface area contributed by atoms with E-state index in [0.717, 1.165) is 45.7 Å². The highest BCUT2D eigenvalue weighted by Gasteiger charge is 2.46. The number of aromatic nitrogens is 2. The van der Waals surface area contributed by atoms with Crippen molar-refractivity contribution in [2.45, 2.75) is 29.6 Å². The number of aryl methyl sites for hydroxylation is 1. The lowest BCUT2D eigenvalue weighted by atomic mass is 10.0. The van der Waals surface area contributed by atoms with Crippen molar-refractivity contribution < 1.29 is 22.6 Å². The first-order valence-corrected chi connectivity index (χ1v) is 10.9. The van der Waals surface area contributed by atoms with Gasteiger partial charge in [0.15, 0.2) is 5.03 Å². The van der Waals surface area contributed by atoms with Gasteiger partial charge in [-0.05, 0) is 12.8 Å². The topological polar surface area (TPSA) is 86.1 Å². The average molecular weight is 401 g/mol. The third-order valence-electron chi connectivity index (χ3n) is 5.50. The van der Waals surface area contributed by atoms with E-state index in [1.165, 1.54) is 16.8 Å². The molecule has 3 fully saturated rings. The molecule has 1 aromatic rings. The Bertz CT molecular complexity index is 748. The van der Waals surface area contributed by atoms with Crippen molar-refractivity contribution >= 4 is 10.0 Å². The Balaban J connectivity index is 1.45. The first-order chi connectivity index (χ1) is 13.0. The first kappa shape index (κ1) is 19.3. The Kier molecular flexibility index (Phi) is 5.55. The van der Waals surface area contributed by atoms with Gasteiger partial charge in [0.05, 0.1) is 38.9 Å². The molecule has 9 nitrogen and oxygen atoms in total. The van der Waals surface area contributed by atoms with E-state index in [2.05, 4.69) is 9.88 Å². The molecule has 0 unspecified atom stereocenters. The molecule has 0 radical (unpaired) electrons. The van der Waals surface area contributed by atoms with E-state index in [9.17, 15) is 8.42 Å². The van der Waals surface area contributed by atoms with Crippen molar-refractivity contribution in [1.29, 1.82) is 0 Å². The van der Waals surface area contributed by atoms with Gasteiger partial charge in [0.2, 0.25) is 0 Å². The van der Waals surface area contributed by atoms with Crippen LogP contribution in [0.4, 0.5) is 0 Å². The zero-order chi connectivity index (χ0) is 18.9. The van der Waals surface area contributed by atoms with Crippen molar-refractivity contribution in [2.24, 2.45) is 7.05 Å². The lowest BCUT2D eigenvalue weighted by Crippen LogP contribution is -2.48. The molecule has 0 aromatic carbocycles. The maximum Gasteiger partial charge on any atom is 0.262 e. The Morgan fingerprint density at radius 2 is 2.00 bits per heavy atom. The monoisotopic (exact) mass is 400 g/mol. The van der Waals surface area contributed by atoms with E-state index < -0.39 is 15.6 Å². The highest BCUT2D eigenvalue weighted by Crippen LogP contribution is 2.34. The van der Waals surface area contributed by atoms with Gasteiger partial charge in [-0.3, -0.25) is 4.90 Å². The maximum absolute atomic E-state index is 13.0. The number of imidazole rings is 1. The predicted octanol–water partition coefficient (Wildman–Crippen LogP) is -0.309. The van der Waals surface area contributed by atoms with Crippen molar-refractivity contribution in [2.75, 3.05) is 59.2 Å². The molecule has 27 heavy (non-hydrogen) atoms. The summed E-state index contributed by atoms with van der Waals surface area (Å²) in [5.41, 5.74) is -0.574. The second-order valence-electron chi connectivity index (χ2n) is 7.64. The summed E-state index contributed by atoms with van der Waals surface area (Å²) in [6.45, 7) is 5.65. The number of hydrogen-bond acceptors (Lipinski definition) is 7. The Labute approximate surface area is 160 Å². The fraction of sp³-hybridized carbons (Fsp3) is 0.824. The molecule has 1 aromatic heterocycles. The predicted molar refractivity (Wildman–Crippen MR) is 96.9 cm³/mol. The Hall–Kier alpha value is -1.04. The van der Waals surface area contributed by atoms with Crippen LogP contribution >= 0.6 is 0 Å². The Morgan fingerprint density at radius 3 is 2.74 bits per heavy atom. The van der Waals surface area contributed by atoms with Crippen LogP contribution in [-0.4, -0.2) is 98.0 Å². The number of morpholine rings is 1. The van der Waals surface area contributed by atoms with Gasteiger partial charge in [0, 0.05) is 46.0 Å². The van der Waals surface area contributed by atoms with Crippen LogP contribution in [0.5, 0.6) is 0 Å². The highest BCUT2D eigenvalue weighted by molar-refractivity contribution is 7.89. The lowest BCUT2D eigenvalue weighted by molar-refractivity contribution is -0.0927. The molecule has 0 aliphatic carbocycles. The van der Waals surface area contributed by atoms with E-state index in [-0.39, 0.29) is 11.1 Å². The van der Waals surface area contributed by atoms with Crippen LogP contribution in [0.3, 0.4) is 0 Å². The molecule has 3 aliphatic heterocycles. The fourth-order valence-corrected chi connectivity index (χ4v) is 5.51. The molecule has 152 valence electrons. The summed E-state index contributed by atoms with van der Waals surface area (Å²) in [7, 11) is -1.90. The largest absolute Gasteiger partial charge is 0.379 e.